The molecule has 3 aromatic rings. The van der Waals surface area contributed by atoms with Gasteiger partial charge < -0.3 is 9.31 Å². The minimum absolute atomic E-state index is 0.262. The Labute approximate surface area is 172 Å². The topological polar surface area (TPSA) is 70.4 Å². The first-order valence-electron chi connectivity index (χ1n) is 9.59. The zero-order valence-electron chi connectivity index (χ0n) is 17.6. The highest BCUT2D eigenvalue weighted by molar-refractivity contribution is 7.90. The number of aryl methyl sites for hydroxylation is 2. The molecule has 0 N–H and O–H groups in total. The number of hydrogen-bond donors (Lipinski definition) is 0. The van der Waals surface area contributed by atoms with Crippen LogP contribution in [-0.2, 0) is 19.3 Å². The molecule has 0 amide bonds. The number of nitrogens with zero attached hydrogens (tertiary/aromatic N) is 2. The summed E-state index contributed by atoms with van der Waals surface area (Å²) in [5.41, 5.74) is 1.56. The Morgan fingerprint density at radius 1 is 1.00 bits per heavy atom. The number of pyridine rings is 1. The predicted octanol–water partition coefficient (Wildman–Crippen LogP) is 3.19. The molecule has 1 fully saturated rings. The molecule has 4 rings (SSSR count). The first-order valence-corrected chi connectivity index (χ1v) is 11.0. The van der Waals surface area contributed by atoms with Gasteiger partial charge in [0.15, 0.2) is 5.65 Å². The van der Waals surface area contributed by atoms with Crippen molar-refractivity contribution in [2.24, 2.45) is 0 Å². The Morgan fingerprint density at radius 3 is 2.24 bits per heavy atom. The Kier molecular flexibility index (Phi) is 4.46. The van der Waals surface area contributed by atoms with E-state index in [1.165, 1.54) is 3.97 Å². The zero-order valence-corrected chi connectivity index (χ0v) is 18.4. The Balaban J connectivity index is 1.89. The van der Waals surface area contributed by atoms with Gasteiger partial charge in [-0.15, -0.1) is 0 Å². The molecule has 0 atom stereocenters. The summed E-state index contributed by atoms with van der Waals surface area (Å²) < 4.78 is 40.3. The molecule has 29 heavy (non-hydrogen) atoms. The molecule has 152 valence electrons. The van der Waals surface area contributed by atoms with Crippen LogP contribution in [0.1, 0.15) is 39.0 Å². The largest absolute Gasteiger partial charge is 0.495 e. The summed E-state index contributed by atoms with van der Waals surface area (Å²) in [7, 11) is -4.38. The third-order valence-electron chi connectivity index (χ3n) is 5.92. The van der Waals surface area contributed by atoms with Crippen molar-refractivity contribution in [1.29, 1.82) is 0 Å². The van der Waals surface area contributed by atoms with Crippen LogP contribution < -0.4 is 5.46 Å². The fourth-order valence-corrected chi connectivity index (χ4v) is 5.08. The molecule has 1 aliphatic rings. The maximum Gasteiger partial charge on any atom is 0.495 e. The van der Waals surface area contributed by atoms with Crippen LogP contribution in [0.5, 0.6) is 0 Å². The summed E-state index contributed by atoms with van der Waals surface area (Å²) in [6, 6.07) is 10.6. The Hall–Kier alpha value is -2.16. The first kappa shape index (κ1) is 20.1. The summed E-state index contributed by atoms with van der Waals surface area (Å²) in [5, 5.41) is 0.700. The highest BCUT2D eigenvalue weighted by atomic mass is 32.2. The van der Waals surface area contributed by atoms with Gasteiger partial charge >= 0.3 is 7.12 Å². The quantitative estimate of drug-likeness (QED) is 0.618. The molecule has 1 aliphatic heterocycles. The van der Waals surface area contributed by atoms with E-state index in [0.717, 1.165) is 5.46 Å². The molecule has 0 saturated carbocycles. The second kappa shape index (κ2) is 6.42. The molecule has 0 spiro atoms. The molecular weight excluding hydrogens is 387 g/mol. The number of rotatable bonds is 3. The summed E-state index contributed by atoms with van der Waals surface area (Å²) in [6.07, 6.45) is 1.55. The smallest absolute Gasteiger partial charge is 0.399 e. The number of aromatic nitrogens is 2. The van der Waals surface area contributed by atoms with Gasteiger partial charge in [-0.05, 0) is 70.8 Å². The van der Waals surface area contributed by atoms with E-state index in [4.69, 9.17) is 9.31 Å². The van der Waals surface area contributed by atoms with Gasteiger partial charge in [0.2, 0.25) is 0 Å². The standard InChI is InChI=1S/C21H25BN2O4S/c1-14-9-7-8-10-18(14)29(25,26)24-12-11-16-17(13-15(2)23-19(16)24)22-27-20(3,4)21(5,6)28-22/h7-13H,1-6H3. The van der Waals surface area contributed by atoms with E-state index in [0.29, 0.717) is 22.3 Å². The van der Waals surface area contributed by atoms with Crippen LogP contribution in [0.4, 0.5) is 0 Å². The lowest BCUT2D eigenvalue weighted by molar-refractivity contribution is 0.00578. The molecule has 8 heteroatoms. The monoisotopic (exact) mass is 412 g/mol. The fraction of sp³-hybridized carbons (Fsp3) is 0.381. The van der Waals surface area contributed by atoms with Gasteiger partial charge in [-0.25, -0.2) is 17.4 Å². The fourth-order valence-electron chi connectivity index (χ4n) is 3.55. The third kappa shape index (κ3) is 3.10. The molecule has 0 unspecified atom stereocenters. The lowest BCUT2D eigenvalue weighted by atomic mass is 9.77. The normalized spacial score (nSPS) is 18.5. The van der Waals surface area contributed by atoms with Crippen LogP contribution >= 0.6 is 0 Å². The van der Waals surface area contributed by atoms with Gasteiger partial charge in [0.05, 0.1) is 16.1 Å². The second-order valence-electron chi connectivity index (χ2n) is 8.56. The minimum atomic E-state index is -3.78. The lowest BCUT2D eigenvalue weighted by Gasteiger charge is -2.32. The zero-order chi connectivity index (χ0) is 21.2. The van der Waals surface area contributed by atoms with Crippen LogP contribution in [0.2, 0.25) is 0 Å². The average Bonchev–Trinajstić information content (AvgIpc) is 3.13. The lowest BCUT2D eigenvalue weighted by Crippen LogP contribution is -2.41. The number of benzene rings is 1. The van der Waals surface area contributed by atoms with Gasteiger partial charge in [-0.3, -0.25) is 0 Å². The maximum atomic E-state index is 13.3. The SMILES string of the molecule is Cc1cc(B2OC(C)(C)C(C)(C)O2)c2ccn(S(=O)(=O)c3ccccc3C)c2n1. The van der Waals surface area contributed by atoms with Crippen molar-refractivity contribution in [3.63, 3.8) is 0 Å². The minimum Gasteiger partial charge on any atom is -0.399 e. The molecule has 0 bridgehead atoms. The molecular formula is C21H25BN2O4S. The number of fused-ring (bicyclic) bond motifs is 1. The van der Waals surface area contributed by atoms with Crippen molar-refractivity contribution in [3.05, 3.63) is 53.9 Å². The number of hydrogen-bond acceptors (Lipinski definition) is 5. The van der Waals surface area contributed by atoms with Crippen molar-refractivity contribution in [1.82, 2.24) is 8.96 Å². The van der Waals surface area contributed by atoms with Crippen molar-refractivity contribution in [3.8, 4) is 0 Å². The predicted molar refractivity (Wildman–Crippen MR) is 114 cm³/mol. The molecule has 3 heterocycles. The van der Waals surface area contributed by atoms with Crippen molar-refractivity contribution < 1.29 is 17.7 Å². The highest BCUT2D eigenvalue weighted by Crippen LogP contribution is 2.37. The maximum absolute atomic E-state index is 13.3. The molecule has 1 aromatic carbocycles. The first-order chi connectivity index (χ1) is 13.4. The van der Waals surface area contributed by atoms with Gasteiger partial charge in [0.1, 0.15) is 0 Å². The molecule has 0 aliphatic carbocycles. The average molecular weight is 412 g/mol. The van der Waals surface area contributed by atoms with Gasteiger partial charge in [0, 0.05) is 17.3 Å². The summed E-state index contributed by atoms with van der Waals surface area (Å²) in [4.78, 5) is 4.80. The highest BCUT2D eigenvalue weighted by Gasteiger charge is 2.52. The Morgan fingerprint density at radius 2 is 1.62 bits per heavy atom. The molecule has 0 radical (unpaired) electrons. The second-order valence-corrected chi connectivity index (χ2v) is 10.3. The van der Waals surface area contributed by atoms with Crippen LogP contribution in [0.3, 0.4) is 0 Å². The summed E-state index contributed by atoms with van der Waals surface area (Å²) in [6.45, 7) is 11.6. The van der Waals surface area contributed by atoms with Gasteiger partial charge in [0.25, 0.3) is 10.0 Å². The van der Waals surface area contributed by atoms with Crippen molar-refractivity contribution in [2.75, 3.05) is 0 Å². The summed E-state index contributed by atoms with van der Waals surface area (Å²) in [5.74, 6) is 0. The van der Waals surface area contributed by atoms with Crippen LogP contribution in [0, 0.1) is 13.8 Å². The molecule has 1 saturated heterocycles. The van der Waals surface area contributed by atoms with E-state index in [1.807, 2.05) is 46.8 Å². The molecule has 6 nitrogen and oxygen atoms in total. The molecule has 2 aromatic heterocycles. The van der Waals surface area contributed by atoms with Crippen molar-refractivity contribution in [2.45, 2.75) is 57.6 Å². The van der Waals surface area contributed by atoms with Crippen LogP contribution in [-0.4, -0.2) is 35.7 Å². The van der Waals surface area contributed by atoms with E-state index < -0.39 is 28.3 Å². The van der Waals surface area contributed by atoms with E-state index >= 15 is 0 Å². The van der Waals surface area contributed by atoms with E-state index in [1.54, 1.807) is 37.4 Å². The van der Waals surface area contributed by atoms with Gasteiger partial charge in [-0.1, -0.05) is 18.2 Å². The van der Waals surface area contributed by atoms with Gasteiger partial charge in [-0.2, -0.15) is 0 Å². The van der Waals surface area contributed by atoms with Crippen LogP contribution in [0.25, 0.3) is 11.0 Å². The summed E-state index contributed by atoms with van der Waals surface area (Å²) >= 11 is 0. The van der Waals surface area contributed by atoms with E-state index in [-0.39, 0.29) is 4.90 Å². The van der Waals surface area contributed by atoms with Crippen molar-refractivity contribution >= 4 is 33.6 Å². The third-order valence-corrected chi connectivity index (χ3v) is 7.75. The Bertz CT molecular complexity index is 1200. The van der Waals surface area contributed by atoms with E-state index in [2.05, 4.69) is 4.98 Å². The van der Waals surface area contributed by atoms with Crippen LogP contribution in [0.15, 0.2) is 47.5 Å². The van der Waals surface area contributed by atoms with E-state index in [9.17, 15) is 8.42 Å².